The molecule has 1 saturated carbocycles. The molecule has 1 N–H and O–H groups in total. The van der Waals surface area contributed by atoms with E-state index in [2.05, 4.69) is 9.80 Å². The van der Waals surface area contributed by atoms with Gasteiger partial charge in [-0.05, 0) is 65.6 Å². The molecule has 0 spiro atoms. The van der Waals surface area contributed by atoms with Crippen LogP contribution in [0.5, 0.6) is 0 Å². The minimum atomic E-state index is -0.501. The maximum atomic E-state index is 10.2. The van der Waals surface area contributed by atoms with E-state index in [-0.39, 0.29) is 0 Å². The summed E-state index contributed by atoms with van der Waals surface area (Å²) in [5.74, 6) is 0.468. The zero-order valence-corrected chi connectivity index (χ0v) is 13.4. The van der Waals surface area contributed by atoms with Gasteiger partial charge in [-0.3, -0.25) is 4.90 Å². The van der Waals surface area contributed by atoms with Crippen LogP contribution >= 0.6 is 0 Å². The molecule has 0 amide bonds. The lowest BCUT2D eigenvalue weighted by Gasteiger charge is -2.39. The fourth-order valence-electron chi connectivity index (χ4n) is 4.58. The lowest BCUT2D eigenvalue weighted by molar-refractivity contribution is 0.0161. The zero-order chi connectivity index (χ0) is 14.2. The zero-order valence-electron chi connectivity index (χ0n) is 13.4. The highest BCUT2D eigenvalue weighted by Gasteiger charge is 2.37. The molecule has 2 aliphatic heterocycles. The average Bonchev–Trinajstić information content (AvgIpc) is 3.10. The average molecular weight is 280 g/mol. The van der Waals surface area contributed by atoms with Crippen molar-refractivity contribution in [3.05, 3.63) is 0 Å². The summed E-state index contributed by atoms with van der Waals surface area (Å²) in [7, 11) is 0. The highest BCUT2D eigenvalue weighted by atomic mass is 16.3. The van der Waals surface area contributed by atoms with Crippen LogP contribution in [0.2, 0.25) is 0 Å². The van der Waals surface area contributed by atoms with Crippen molar-refractivity contribution in [2.75, 3.05) is 26.2 Å². The van der Waals surface area contributed by atoms with E-state index in [1.807, 2.05) is 13.8 Å². The molecule has 3 nitrogen and oxygen atoms in total. The normalized spacial score (nSPS) is 32.2. The van der Waals surface area contributed by atoms with Gasteiger partial charge < -0.3 is 10.0 Å². The van der Waals surface area contributed by atoms with Gasteiger partial charge in [-0.1, -0.05) is 12.8 Å². The fraction of sp³-hybridized carbons (Fsp3) is 1.00. The number of aliphatic hydroxyl groups is 1. The van der Waals surface area contributed by atoms with E-state index in [1.165, 1.54) is 64.6 Å². The molecule has 0 aromatic carbocycles. The summed E-state index contributed by atoms with van der Waals surface area (Å²) in [6, 6.07) is 1.68. The largest absolute Gasteiger partial charge is 0.390 e. The number of rotatable bonds is 3. The van der Waals surface area contributed by atoms with Crippen molar-refractivity contribution in [1.82, 2.24) is 9.80 Å². The Morgan fingerprint density at radius 1 is 0.800 bits per heavy atom. The van der Waals surface area contributed by atoms with Crippen LogP contribution in [0.25, 0.3) is 0 Å². The lowest BCUT2D eigenvalue weighted by atomic mass is 9.90. The van der Waals surface area contributed by atoms with Gasteiger partial charge in [-0.2, -0.15) is 0 Å². The van der Waals surface area contributed by atoms with E-state index in [0.717, 1.165) is 18.6 Å². The third-order valence-electron chi connectivity index (χ3n) is 6.08. The Hall–Kier alpha value is -0.120. The molecule has 1 atom stereocenters. The molecule has 1 aliphatic carbocycles. The topological polar surface area (TPSA) is 26.7 Å². The maximum absolute atomic E-state index is 10.2. The molecule has 116 valence electrons. The van der Waals surface area contributed by atoms with E-state index in [1.54, 1.807) is 0 Å². The molecular formula is C17H32N2O. The van der Waals surface area contributed by atoms with Crippen molar-refractivity contribution in [2.24, 2.45) is 5.92 Å². The van der Waals surface area contributed by atoms with Crippen LogP contribution in [0.4, 0.5) is 0 Å². The highest BCUT2D eigenvalue weighted by molar-refractivity contribution is 4.91. The van der Waals surface area contributed by atoms with E-state index >= 15 is 0 Å². The number of nitrogens with zero attached hydrogens (tertiary/aromatic N) is 2. The quantitative estimate of drug-likeness (QED) is 0.860. The van der Waals surface area contributed by atoms with Crippen molar-refractivity contribution >= 4 is 0 Å². The van der Waals surface area contributed by atoms with Crippen LogP contribution in [0.3, 0.4) is 0 Å². The predicted octanol–water partition coefficient (Wildman–Crippen LogP) is 2.49. The summed E-state index contributed by atoms with van der Waals surface area (Å²) >= 11 is 0. The van der Waals surface area contributed by atoms with Crippen LogP contribution in [0, 0.1) is 5.92 Å². The summed E-state index contributed by atoms with van der Waals surface area (Å²) < 4.78 is 0. The van der Waals surface area contributed by atoms with Crippen molar-refractivity contribution in [2.45, 2.75) is 76.5 Å². The van der Waals surface area contributed by atoms with Gasteiger partial charge >= 0.3 is 0 Å². The van der Waals surface area contributed by atoms with Gasteiger partial charge in [0, 0.05) is 24.5 Å². The summed E-state index contributed by atoms with van der Waals surface area (Å²) in [4.78, 5) is 5.42. The second kappa shape index (κ2) is 5.94. The predicted molar refractivity (Wildman–Crippen MR) is 82.8 cm³/mol. The van der Waals surface area contributed by atoms with Gasteiger partial charge in [0.15, 0.2) is 0 Å². The molecule has 0 aromatic heterocycles. The van der Waals surface area contributed by atoms with Crippen molar-refractivity contribution < 1.29 is 5.11 Å². The van der Waals surface area contributed by atoms with Gasteiger partial charge in [0.05, 0.1) is 5.60 Å². The Morgan fingerprint density at radius 3 is 1.90 bits per heavy atom. The summed E-state index contributed by atoms with van der Waals surface area (Å²) in [5, 5.41) is 10.2. The summed E-state index contributed by atoms with van der Waals surface area (Å²) in [6.07, 6.45) is 9.63. The molecule has 20 heavy (non-hydrogen) atoms. The van der Waals surface area contributed by atoms with E-state index in [0.29, 0.717) is 5.92 Å². The van der Waals surface area contributed by atoms with Gasteiger partial charge in [0.2, 0.25) is 0 Å². The molecular weight excluding hydrogens is 248 g/mol. The van der Waals surface area contributed by atoms with Gasteiger partial charge in [-0.15, -0.1) is 0 Å². The highest BCUT2D eigenvalue weighted by Crippen LogP contribution is 2.32. The SMILES string of the molecule is CC(C)(O)C1CCN(C2CCN(C3CCCC3)CC2)C1. The number of piperidine rings is 1. The molecule has 0 bridgehead atoms. The lowest BCUT2D eigenvalue weighted by Crippen LogP contribution is -2.47. The number of likely N-dealkylation sites (tertiary alicyclic amines) is 2. The first kappa shape index (κ1) is 14.8. The molecule has 3 heteroatoms. The third-order valence-corrected chi connectivity index (χ3v) is 6.08. The fourth-order valence-corrected chi connectivity index (χ4v) is 4.58. The Labute approximate surface area is 124 Å². The molecule has 3 fully saturated rings. The van der Waals surface area contributed by atoms with E-state index < -0.39 is 5.60 Å². The smallest absolute Gasteiger partial charge is 0.0632 e. The summed E-state index contributed by atoms with van der Waals surface area (Å²) in [6.45, 7) is 8.87. The molecule has 2 saturated heterocycles. The van der Waals surface area contributed by atoms with Crippen molar-refractivity contribution in [1.29, 1.82) is 0 Å². The Bertz CT molecular complexity index is 311. The second-order valence-corrected chi connectivity index (χ2v) is 7.84. The summed E-state index contributed by atoms with van der Waals surface area (Å²) in [5.41, 5.74) is -0.501. The molecule has 3 rings (SSSR count). The van der Waals surface area contributed by atoms with Crippen LogP contribution < -0.4 is 0 Å². The maximum Gasteiger partial charge on any atom is 0.0632 e. The van der Waals surface area contributed by atoms with Crippen LogP contribution in [-0.4, -0.2) is 58.8 Å². The first-order valence-corrected chi connectivity index (χ1v) is 8.74. The minimum Gasteiger partial charge on any atom is -0.390 e. The van der Waals surface area contributed by atoms with Gasteiger partial charge in [-0.25, -0.2) is 0 Å². The molecule has 0 aromatic rings. The molecule has 3 aliphatic rings. The molecule has 2 heterocycles. The van der Waals surface area contributed by atoms with E-state index in [4.69, 9.17) is 0 Å². The first-order valence-electron chi connectivity index (χ1n) is 8.74. The first-order chi connectivity index (χ1) is 9.54. The number of hydrogen-bond donors (Lipinski definition) is 1. The Kier molecular flexibility index (Phi) is 4.40. The van der Waals surface area contributed by atoms with Crippen LogP contribution in [0.15, 0.2) is 0 Å². The van der Waals surface area contributed by atoms with Crippen molar-refractivity contribution in [3.63, 3.8) is 0 Å². The van der Waals surface area contributed by atoms with Gasteiger partial charge in [0.25, 0.3) is 0 Å². The van der Waals surface area contributed by atoms with E-state index in [9.17, 15) is 5.11 Å². The molecule has 0 radical (unpaired) electrons. The Balaban J connectivity index is 1.47. The second-order valence-electron chi connectivity index (χ2n) is 7.84. The minimum absolute atomic E-state index is 0.468. The van der Waals surface area contributed by atoms with Crippen LogP contribution in [-0.2, 0) is 0 Å². The number of hydrogen-bond acceptors (Lipinski definition) is 3. The standard InChI is InChI=1S/C17H32N2O/c1-17(2,20)14-7-10-19(13-14)16-8-11-18(12-9-16)15-5-3-4-6-15/h14-16,20H,3-13H2,1-2H3. The Morgan fingerprint density at radius 2 is 1.35 bits per heavy atom. The van der Waals surface area contributed by atoms with Crippen molar-refractivity contribution in [3.8, 4) is 0 Å². The monoisotopic (exact) mass is 280 g/mol. The molecule has 1 unspecified atom stereocenters. The third kappa shape index (κ3) is 3.20. The van der Waals surface area contributed by atoms with Crippen LogP contribution in [0.1, 0.15) is 58.8 Å². The van der Waals surface area contributed by atoms with Gasteiger partial charge in [0.1, 0.15) is 0 Å².